The van der Waals surface area contributed by atoms with Gasteiger partial charge in [-0.05, 0) is 42.7 Å². The minimum absolute atomic E-state index is 0.187. The maximum Gasteiger partial charge on any atom is 0.323 e. The van der Waals surface area contributed by atoms with Crippen LogP contribution in [0.3, 0.4) is 0 Å². The monoisotopic (exact) mass is 428 g/mol. The molecule has 0 spiro atoms. The van der Waals surface area contributed by atoms with E-state index in [9.17, 15) is 4.79 Å². The predicted molar refractivity (Wildman–Crippen MR) is 121 cm³/mol. The maximum absolute atomic E-state index is 13.0. The van der Waals surface area contributed by atoms with E-state index < -0.39 is 0 Å². The Morgan fingerprint density at radius 3 is 2.75 bits per heavy atom. The summed E-state index contributed by atoms with van der Waals surface area (Å²) in [5.41, 5.74) is 5.13. The highest BCUT2D eigenvalue weighted by Gasteiger charge is 2.26. The van der Waals surface area contributed by atoms with E-state index in [1.54, 1.807) is 22.0 Å². The van der Waals surface area contributed by atoms with Gasteiger partial charge in [-0.2, -0.15) is 5.10 Å². The molecule has 0 saturated carbocycles. The van der Waals surface area contributed by atoms with Gasteiger partial charge in [0, 0.05) is 37.9 Å². The molecule has 32 heavy (non-hydrogen) atoms. The number of nitrogens with one attached hydrogen (secondary N) is 1. The van der Waals surface area contributed by atoms with E-state index in [1.807, 2.05) is 42.2 Å². The van der Waals surface area contributed by atoms with Gasteiger partial charge >= 0.3 is 6.03 Å². The van der Waals surface area contributed by atoms with Crippen molar-refractivity contribution in [2.45, 2.75) is 33.0 Å². The van der Waals surface area contributed by atoms with Gasteiger partial charge in [-0.1, -0.05) is 24.3 Å². The molecule has 1 aliphatic rings. The molecule has 0 aliphatic carbocycles. The molecule has 1 N–H and O–H groups in total. The maximum atomic E-state index is 13.0. The van der Waals surface area contributed by atoms with Crippen LogP contribution in [-0.2, 0) is 20.1 Å². The quantitative estimate of drug-likeness (QED) is 0.533. The average molecular weight is 429 g/mol. The van der Waals surface area contributed by atoms with Gasteiger partial charge in [0.15, 0.2) is 5.82 Å². The van der Waals surface area contributed by atoms with Crippen LogP contribution in [0.2, 0.25) is 0 Å². The molecule has 0 saturated heterocycles. The molecular weight excluding hydrogens is 404 g/mol. The molecule has 0 atom stereocenters. The Morgan fingerprint density at radius 1 is 1.12 bits per heavy atom. The van der Waals surface area contributed by atoms with E-state index in [1.165, 1.54) is 0 Å². The van der Waals surface area contributed by atoms with Crippen LogP contribution in [0.1, 0.15) is 31.0 Å². The number of nitrogens with zero attached hydrogens (tertiary/aromatic N) is 7. The number of aryl methyl sites for hydroxylation is 1. The van der Waals surface area contributed by atoms with Gasteiger partial charge in [-0.15, -0.1) is 10.2 Å². The van der Waals surface area contributed by atoms with Crippen LogP contribution in [0, 0.1) is 0 Å². The first-order valence-electron chi connectivity index (χ1n) is 10.5. The Morgan fingerprint density at radius 2 is 1.97 bits per heavy atom. The van der Waals surface area contributed by atoms with Crippen LogP contribution < -0.4 is 5.32 Å². The van der Waals surface area contributed by atoms with Crippen LogP contribution in [0.25, 0.3) is 22.6 Å². The number of fused-ring (bicyclic) bond motifs is 1. The second kappa shape index (κ2) is 7.92. The number of aromatic nitrogens is 6. The highest BCUT2D eigenvalue weighted by Crippen LogP contribution is 2.32. The van der Waals surface area contributed by atoms with Crippen LogP contribution >= 0.6 is 0 Å². The zero-order chi connectivity index (χ0) is 22.2. The van der Waals surface area contributed by atoms with E-state index >= 15 is 0 Å². The van der Waals surface area contributed by atoms with Crippen LogP contribution in [0.4, 0.5) is 10.6 Å². The van der Waals surface area contributed by atoms with Crippen molar-refractivity contribution in [3.05, 3.63) is 66.2 Å². The van der Waals surface area contributed by atoms with Gasteiger partial charge in [0.25, 0.3) is 0 Å². The lowest BCUT2D eigenvalue weighted by Crippen LogP contribution is -2.30. The molecule has 0 unspecified atom stereocenters. The van der Waals surface area contributed by atoms with Crippen molar-refractivity contribution in [3.8, 4) is 22.6 Å². The summed E-state index contributed by atoms with van der Waals surface area (Å²) >= 11 is 0. The number of carbonyl (C=O) groups is 1. The van der Waals surface area contributed by atoms with E-state index in [0.29, 0.717) is 30.4 Å². The summed E-state index contributed by atoms with van der Waals surface area (Å²) in [5, 5.41) is 15.4. The fraction of sp³-hybridized carbons (Fsp3) is 0.261. The zero-order valence-corrected chi connectivity index (χ0v) is 18.2. The van der Waals surface area contributed by atoms with Gasteiger partial charge in [0.2, 0.25) is 0 Å². The van der Waals surface area contributed by atoms with Gasteiger partial charge in [0.1, 0.15) is 17.8 Å². The molecule has 1 aliphatic heterocycles. The van der Waals surface area contributed by atoms with Crippen molar-refractivity contribution >= 4 is 11.8 Å². The highest BCUT2D eigenvalue weighted by atomic mass is 16.2. The van der Waals surface area contributed by atoms with Crippen LogP contribution in [-0.4, -0.2) is 40.5 Å². The standard InChI is InChI=1S/C23H24N8O/c1-15(2)31-14-24-28-22(31)20-8-5-9-21(26-20)27-23(32)30-12-16-6-4-7-18(19(16)13-30)17-10-25-29(3)11-17/h4-11,14-15H,12-13H2,1-3H3,(H,26,27,32). The van der Waals surface area contributed by atoms with E-state index in [0.717, 1.165) is 22.3 Å². The molecule has 4 heterocycles. The van der Waals surface area contributed by atoms with Gasteiger partial charge in [-0.25, -0.2) is 9.78 Å². The number of benzene rings is 1. The first-order valence-corrected chi connectivity index (χ1v) is 10.5. The fourth-order valence-electron chi connectivity index (χ4n) is 4.02. The molecule has 1 aromatic carbocycles. The van der Waals surface area contributed by atoms with Crippen LogP contribution in [0.5, 0.6) is 0 Å². The van der Waals surface area contributed by atoms with Gasteiger partial charge in [0.05, 0.1) is 6.20 Å². The Kier molecular flexibility index (Phi) is 4.93. The first kappa shape index (κ1) is 19.9. The Balaban J connectivity index is 1.35. The van der Waals surface area contributed by atoms with Gasteiger partial charge in [-0.3, -0.25) is 10.00 Å². The van der Waals surface area contributed by atoms with Gasteiger partial charge < -0.3 is 9.47 Å². The fourth-order valence-corrected chi connectivity index (χ4v) is 4.02. The summed E-state index contributed by atoms with van der Waals surface area (Å²) in [4.78, 5) is 19.4. The molecule has 3 aromatic heterocycles. The number of urea groups is 1. The van der Waals surface area contributed by atoms with Crippen molar-refractivity contribution in [1.82, 2.24) is 34.4 Å². The van der Waals surface area contributed by atoms with Crippen molar-refractivity contribution in [3.63, 3.8) is 0 Å². The normalized spacial score (nSPS) is 12.9. The molecule has 4 aromatic rings. The second-order valence-corrected chi connectivity index (χ2v) is 8.20. The summed E-state index contributed by atoms with van der Waals surface area (Å²) in [7, 11) is 1.90. The smallest absolute Gasteiger partial charge is 0.316 e. The van der Waals surface area contributed by atoms with E-state index in [-0.39, 0.29) is 12.1 Å². The van der Waals surface area contributed by atoms with Crippen LogP contribution in [0.15, 0.2) is 55.1 Å². The third-order valence-corrected chi connectivity index (χ3v) is 5.63. The van der Waals surface area contributed by atoms with Crippen molar-refractivity contribution in [2.24, 2.45) is 7.05 Å². The molecule has 9 nitrogen and oxygen atoms in total. The number of pyridine rings is 1. The minimum Gasteiger partial charge on any atom is -0.316 e. The average Bonchev–Trinajstić information content (AvgIpc) is 3.52. The first-order chi connectivity index (χ1) is 15.5. The SMILES string of the molecule is CC(C)n1cnnc1-c1cccc(NC(=O)N2Cc3cccc(-c4cnn(C)c4)c3C2)n1. The Bertz CT molecular complexity index is 1290. The summed E-state index contributed by atoms with van der Waals surface area (Å²) in [6, 6.07) is 11.7. The number of hydrogen-bond donors (Lipinski definition) is 1. The number of anilines is 1. The summed E-state index contributed by atoms with van der Waals surface area (Å²) in [6.07, 6.45) is 5.53. The summed E-state index contributed by atoms with van der Waals surface area (Å²) in [5.74, 6) is 1.15. The second-order valence-electron chi connectivity index (χ2n) is 8.20. The minimum atomic E-state index is -0.187. The van der Waals surface area contributed by atoms with Crippen molar-refractivity contribution in [2.75, 3.05) is 5.32 Å². The third-order valence-electron chi connectivity index (χ3n) is 5.63. The molecule has 162 valence electrons. The van der Waals surface area contributed by atoms with Crippen molar-refractivity contribution in [1.29, 1.82) is 0 Å². The largest absolute Gasteiger partial charge is 0.323 e. The summed E-state index contributed by atoms with van der Waals surface area (Å²) < 4.78 is 3.73. The highest BCUT2D eigenvalue weighted by molar-refractivity contribution is 5.89. The number of amides is 2. The molecule has 5 rings (SSSR count). The Hall–Kier alpha value is -4.01. The topological polar surface area (TPSA) is 93.8 Å². The lowest BCUT2D eigenvalue weighted by atomic mass is 9.99. The predicted octanol–water partition coefficient (Wildman–Crippen LogP) is 3.87. The lowest BCUT2D eigenvalue weighted by molar-refractivity contribution is 0.212. The molecule has 0 radical (unpaired) electrons. The van der Waals surface area contributed by atoms with Crippen molar-refractivity contribution < 1.29 is 4.79 Å². The van der Waals surface area contributed by atoms with E-state index in [4.69, 9.17) is 0 Å². The Labute approximate surface area is 185 Å². The molecule has 2 amide bonds. The molecular formula is C23H24N8O. The summed E-state index contributed by atoms with van der Waals surface area (Å²) in [6.45, 7) is 5.21. The number of carbonyl (C=O) groups excluding carboxylic acids is 1. The molecule has 0 fully saturated rings. The third kappa shape index (κ3) is 3.62. The molecule has 9 heteroatoms. The molecule has 0 bridgehead atoms. The number of rotatable bonds is 4. The number of hydrogen-bond acceptors (Lipinski definition) is 5. The zero-order valence-electron chi connectivity index (χ0n) is 18.2. The van der Waals surface area contributed by atoms with E-state index in [2.05, 4.69) is 51.6 Å². The lowest BCUT2D eigenvalue weighted by Gasteiger charge is -2.16.